The van der Waals surface area contributed by atoms with E-state index in [0.29, 0.717) is 52.3 Å². The molecule has 0 aliphatic carbocycles. The number of aliphatic hydroxyl groups is 1. The van der Waals surface area contributed by atoms with Crippen LogP contribution in [0, 0.1) is 0 Å². The lowest BCUT2D eigenvalue weighted by atomic mass is 9.82. The van der Waals surface area contributed by atoms with E-state index in [1.54, 1.807) is 0 Å². The van der Waals surface area contributed by atoms with Gasteiger partial charge in [-0.15, -0.1) is 6.58 Å². The van der Waals surface area contributed by atoms with Crippen LogP contribution < -0.4 is 0 Å². The van der Waals surface area contributed by atoms with Crippen LogP contribution in [-0.2, 0) is 53.0 Å². The summed E-state index contributed by atoms with van der Waals surface area (Å²) in [6.45, 7) is 8.11. The van der Waals surface area contributed by atoms with Crippen molar-refractivity contribution in [3.05, 3.63) is 132 Å². The normalized spacial score (nSPS) is 31.5. The maximum atomic E-state index is 10.1. The number of benzene rings is 3. The zero-order valence-electron chi connectivity index (χ0n) is 28.4. The van der Waals surface area contributed by atoms with E-state index in [9.17, 15) is 5.11 Å². The van der Waals surface area contributed by atoms with Crippen molar-refractivity contribution in [2.24, 2.45) is 0 Å². The average Bonchev–Trinajstić information content (AvgIpc) is 3.24. The molecule has 6 rings (SSSR count). The van der Waals surface area contributed by atoms with Gasteiger partial charge in [-0.2, -0.15) is 0 Å². The van der Waals surface area contributed by atoms with E-state index in [0.717, 1.165) is 16.7 Å². The molecule has 3 aromatic rings. The number of fused-ring (bicyclic) bond motifs is 1. The van der Waals surface area contributed by atoms with Crippen molar-refractivity contribution in [3.8, 4) is 0 Å². The lowest BCUT2D eigenvalue weighted by molar-refractivity contribution is -0.284. The van der Waals surface area contributed by atoms with E-state index in [-0.39, 0.29) is 37.1 Å². The van der Waals surface area contributed by atoms with Crippen LogP contribution in [0.2, 0.25) is 0 Å². The number of hydrogen-bond acceptors (Lipinski definition) is 8. The third kappa shape index (κ3) is 9.34. The molecule has 8 heteroatoms. The molecule has 0 unspecified atom stereocenters. The van der Waals surface area contributed by atoms with E-state index in [1.165, 1.54) is 0 Å². The van der Waals surface area contributed by atoms with E-state index in [1.807, 2.05) is 72.8 Å². The molecule has 0 aromatic heterocycles. The third-order valence-electron chi connectivity index (χ3n) is 9.75. The summed E-state index contributed by atoms with van der Waals surface area (Å²) in [5, 5.41) is 10.1. The van der Waals surface area contributed by atoms with Gasteiger partial charge >= 0.3 is 0 Å². The van der Waals surface area contributed by atoms with Crippen LogP contribution >= 0.6 is 0 Å². The van der Waals surface area contributed by atoms with Gasteiger partial charge in [-0.1, -0.05) is 109 Å². The molecule has 3 aromatic carbocycles. The highest BCUT2D eigenvalue weighted by Gasteiger charge is 2.56. The van der Waals surface area contributed by atoms with Crippen molar-refractivity contribution in [3.63, 3.8) is 0 Å². The third-order valence-corrected chi connectivity index (χ3v) is 9.75. The molecule has 3 heterocycles. The first kappa shape index (κ1) is 35.6. The molecule has 3 aliphatic rings. The molecule has 2 fully saturated rings. The molecule has 3 aliphatic heterocycles. The van der Waals surface area contributed by atoms with Gasteiger partial charge in [-0.3, -0.25) is 0 Å². The van der Waals surface area contributed by atoms with Crippen LogP contribution in [0.4, 0.5) is 0 Å². The number of ether oxygens (including phenoxy) is 7. The summed E-state index contributed by atoms with van der Waals surface area (Å²) >= 11 is 0. The highest BCUT2D eigenvalue weighted by molar-refractivity contribution is 5.16. The van der Waals surface area contributed by atoms with Crippen LogP contribution in [-0.4, -0.2) is 79.4 Å². The standard InChI is InChI=1S/C41H50O8/c1-3-14-33-36(47-34-21-13-22-44-37(34)25-42)24-39(46-28-32-19-11-6-12-20-32)41(2)40(48-33)23-35(45-27-31-17-9-5-10-18-31)38(49-41)29-43-26-30-15-7-4-8-16-30/h3-13,15-21,33-40,42H,1,14,22-29H2,2H3/t33-,34-,35-,36+,37+,38+,39+,40+,41-/m0/s1. The zero-order chi connectivity index (χ0) is 33.9. The minimum Gasteiger partial charge on any atom is -0.394 e. The van der Waals surface area contributed by atoms with Crippen LogP contribution in [0.15, 0.2) is 116 Å². The van der Waals surface area contributed by atoms with Crippen molar-refractivity contribution in [1.29, 1.82) is 0 Å². The molecule has 0 saturated carbocycles. The molecule has 0 amide bonds. The van der Waals surface area contributed by atoms with Gasteiger partial charge in [0.1, 0.15) is 23.9 Å². The van der Waals surface area contributed by atoms with Crippen molar-refractivity contribution in [2.45, 2.75) is 100 Å². The largest absolute Gasteiger partial charge is 0.394 e. The fourth-order valence-electron chi connectivity index (χ4n) is 7.00. The van der Waals surface area contributed by atoms with E-state index in [2.05, 4.69) is 49.9 Å². The van der Waals surface area contributed by atoms with Gasteiger partial charge < -0.3 is 38.3 Å². The summed E-state index contributed by atoms with van der Waals surface area (Å²) in [6.07, 6.45) is 4.40. The Labute approximate surface area is 290 Å². The van der Waals surface area contributed by atoms with E-state index in [4.69, 9.17) is 33.2 Å². The molecule has 8 nitrogen and oxygen atoms in total. The number of aliphatic hydroxyl groups excluding tert-OH is 1. The molecule has 262 valence electrons. The molecule has 1 N–H and O–H groups in total. The van der Waals surface area contributed by atoms with Gasteiger partial charge in [0.2, 0.25) is 0 Å². The van der Waals surface area contributed by atoms with E-state index >= 15 is 0 Å². The second-order valence-electron chi connectivity index (χ2n) is 13.2. The molecule has 2 saturated heterocycles. The van der Waals surface area contributed by atoms with Gasteiger partial charge in [0.25, 0.3) is 0 Å². The van der Waals surface area contributed by atoms with Gasteiger partial charge in [0.05, 0.1) is 70.2 Å². The first-order valence-corrected chi connectivity index (χ1v) is 17.5. The van der Waals surface area contributed by atoms with Crippen molar-refractivity contribution < 1.29 is 38.3 Å². The molecule has 0 bridgehead atoms. The molecule has 0 spiro atoms. The quantitative estimate of drug-likeness (QED) is 0.187. The summed E-state index contributed by atoms with van der Waals surface area (Å²) in [5.74, 6) is 0. The summed E-state index contributed by atoms with van der Waals surface area (Å²) < 4.78 is 46.5. The minimum atomic E-state index is -0.852. The smallest absolute Gasteiger partial charge is 0.118 e. The van der Waals surface area contributed by atoms with Gasteiger partial charge in [-0.25, -0.2) is 0 Å². The Morgan fingerprint density at radius 2 is 1.43 bits per heavy atom. The van der Waals surface area contributed by atoms with Crippen LogP contribution in [0.3, 0.4) is 0 Å². The summed E-state index contributed by atoms with van der Waals surface area (Å²) in [4.78, 5) is 0. The second-order valence-corrected chi connectivity index (χ2v) is 13.2. The monoisotopic (exact) mass is 670 g/mol. The summed E-state index contributed by atoms with van der Waals surface area (Å²) in [5.41, 5.74) is 2.40. The van der Waals surface area contributed by atoms with Crippen molar-refractivity contribution in [2.75, 3.05) is 19.8 Å². The van der Waals surface area contributed by atoms with Crippen LogP contribution in [0.1, 0.15) is 42.9 Å². The maximum absolute atomic E-state index is 10.1. The second kappa shape index (κ2) is 17.7. The first-order chi connectivity index (χ1) is 24.1. The zero-order valence-corrected chi connectivity index (χ0v) is 28.4. The Kier molecular flexibility index (Phi) is 12.8. The molecule has 49 heavy (non-hydrogen) atoms. The molecule has 9 atom stereocenters. The van der Waals surface area contributed by atoms with Gasteiger partial charge in [-0.05, 0) is 30.0 Å². The van der Waals surface area contributed by atoms with Crippen molar-refractivity contribution >= 4 is 0 Å². The lowest BCUT2D eigenvalue weighted by Gasteiger charge is -2.50. The lowest BCUT2D eigenvalue weighted by Crippen LogP contribution is -2.62. The Morgan fingerprint density at radius 1 is 0.796 bits per heavy atom. The Morgan fingerprint density at radius 3 is 2.06 bits per heavy atom. The van der Waals surface area contributed by atoms with Crippen LogP contribution in [0.25, 0.3) is 0 Å². The fraction of sp³-hybridized carbons (Fsp3) is 0.463. The molecule has 0 radical (unpaired) electrons. The Balaban J connectivity index is 1.28. The predicted octanol–water partition coefficient (Wildman–Crippen LogP) is 6.36. The summed E-state index contributed by atoms with van der Waals surface area (Å²) in [6, 6.07) is 30.5. The SMILES string of the molecule is C=CC[C@@H]1O[C@@H]2C[C@H](OCc3ccccc3)[C@@H](COCc3ccccc3)O[C@@]2(C)[C@H](OCc2ccccc2)C[C@H]1O[C@H]1C=CCO[C@@H]1CO. The fourth-order valence-corrected chi connectivity index (χ4v) is 7.00. The highest BCUT2D eigenvalue weighted by atomic mass is 16.6. The van der Waals surface area contributed by atoms with Gasteiger partial charge in [0, 0.05) is 12.8 Å². The topological polar surface area (TPSA) is 84.8 Å². The van der Waals surface area contributed by atoms with Crippen molar-refractivity contribution in [1.82, 2.24) is 0 Å². The van der Waals surface area contributed by atoms with Crippen LogP contribution in [0.5, 0.6) is 0 Å². The highest BCUT2D eigenvalue weighted by Crippen LogP contribution is 2.43. The first-order valence-electron chi connectivity index (χ1n) is 17.5. The summed E-state index contributed by atoms with van der Waals surface area (Å²) in [7, 11) is 0. The van der Waals surface area contributed by atoms with Gasteiger partial charge in [0.15, 0.2) is 0 Å². The Bertz CT molecular complexity index is 1440. The Hall–Kier alpha value is -3.18. The molecular weight excluding hydrogens is 620 g/mol. The maximum Gasteiger partial charge on any atom is 0.118 e. The van der Waals surface area contributed by atoms with E-state index < -0.39 is 23.9 Å². The number of hydrogen-bond donors (Lipinski definition) is 1. The number of rotatable bonds is 15. The minimum absolute atomic E-state index is 0.142. The average molecular weight is 671 g/mol. The predicted molar refractivity (Wildman–Crippen MR) is 187 cm³/mol. The molecular formula is C41H50O8.